The van der Waals surface area contributed by atoms with E-state index in [-0.39, 0.29) is 31.1 Å². The molecule has 0 aromatic carbocycles. The zero-order valence-electron chi connectivity index (χ0n) is 46.5. The van der Waals surface area contributed by atoms with Gasteiger partial charge in [0.15, 0.2) is 6.10 Å². The molecule has 6 nitrogen and oxygen atoms in total. The van der Waals surface area contributed by atoms with Crippen LogP contribution in [0.1, 0.15) is 310 Å². The molecule has 0 saturated heterocycles. The fourth-order valence-electron chi connectivity index (χ4n) is 8.72. The topological polar surface area (TPSA) is 78.9 Å². The van der Waals surface area contributed by atoms with Crippen LogP contribution in [0.2, 0.25) is 0 Å². The molecular weight excluding hydrogens is 865 g/mol. The smallest absolute Gasteiger partial charge is 0.306 e. The summed E-state index contributed by atoms with van der Waals surface area (Å²) in [6.45, 7) is 6.50. The number of ether oxygens (including phenoxy) is 3. The van der Waals surface area contributed by atoms with Gasteiger partial charge >= 0.3 is 17.9 Å². The third kappa shape index (κ3) is 56.0. The molecule has 0 N–H and O–H groups in total. The van der Waals surface area contributed by atoms with Crippen molar-refractivity contribution in [2.75, 3.05) is 13.2 Å². The normalized spacial score (nSPS) is 12.4. The quantitative estimate of drug-likeness (QED) is 0.0261. The Balaban J connectivity index is 4.03. The molecule has 0 fully saturated rings. The van der Waals surface area contributed by atoms with Crippen LogP contribution in [0.5, 0.6) is 0 Å². The van der Waals surface area contributed by atoms with Crippen molar-refractivity contribution in [2.45, 2.75) is 316 Å². The number of allylic oxidation sites excluding steroid dienone is 10. The maximum atomic E-state index is 12.8. The lowest BCUT2D eigenvalue weighted by atomic mass is 10.0. The monoisotopic (exact) mass is 979 g/mol. The largest absolute Gasteiger partial charge is 0.462 e. The van der Waals surface area contributed by atoms with E-state index in [9.17, 15) is 14.4 Å². The molecule has 0 radical (unpaired) electrons. The van der Waals surface area contributed by atoms with Crippen LogP contribution in [0.15, 0.2) is 60.8 Å². The molecule has 0 spiro atoms. The molecule has 0 aromatic heterocycles. The molecule has 0 bridgehead atoms. The Bertz CT molecular complexity index is 1260. The number of unbranched alkanes of at least 4 members (excludes halogenated alkanes) is 34. The summed E-state index contributed by atoms with van der Waals surface area (Å²) < 4.78 is 16.8. The second-order valence-electron chi connectivity index (χ2n) is 20.2. The van der Waals surface area contributed by atoms with E-state index in [4.69, 9.17) is 14.2 Å². The summed E-state index contributed by atoms with van der Waals surface area (Å²) in [5.74, 6) is -0.872. The molecule has 6 heteroatoms. The maximum Gasteiger partial charge on any atom is 0.306 e. The third-order valence-corrected chi connectivity index (χ3v) is 13.3. The first-order valence-corrected chi connectivity index (χ1v) is 30.3. The van der Waals surface area contributed by atoms with Crippen LogP contribution in [-0.4, -0.2) is 37.2 Å². The molecule has 0 aliphatic heterocycles. The van der Waals surface area contributed by atoms with Crippen molar-refractivity contribution < 1.29 is 28.6 Å². The van der Waals surface area contributed by atoms with Crippen molar-refractivity contribution in [2.24, 2.45) is 0 Å². The summed E-state index contributed by atoms with van der Waals surface area (Å²) in [7, 11) is 0. The molecule has 406 valence electrons. The van der Waals surface area contributed by atoms with Gasteiger partial charge in [0.05, 0.1) is 0 Å². The first-order valence-electron chi connectivity index (χ1n) is 30.3. The van der Waals surface area contributed by atoms with E-state index in [0.29, 0.717) is 19.3 Å². The van der Waals surface area contributed by atoms with Gasteiger partial charge in [-0.05, 0) is 83.5 Å². The molecule has 0 amide bonds. The number of rotatable bonds is 55. The van der Waals surface area contributed by atoms with Crippen molar-refractivity contribution in [3.8, 4) is 0 Å². The van der Waals surface area contributed by atoms with E-state index in [1.807, 2.05) is 0 Å². The van der Waals surface area contributed by atoms with E-state index in [1.165, 1.54) is 180 Å². The van der Waals surface area contributed by atoms with Gasteiger partial charge in [-0.1, -0.05) is 268 Å². The van der Waals surface area contributed by atoms with Crippen molar-refractivity contribution in [3.63, 3.8) is 0 Å². The van der Waals surface area contributed by atoms with Crippen molar-refractivity contribution in [1.82, 2.24) is 0 Å². The first-order chi connectivity index (χ1) is 34.5. The lowest BCUT2D eigenvalue weighted by Gasteiger charge is -2.18. The number of hydrogen-bond acceptors (Lipinski definition) is 6. The predicted molar refractivity (Wildman–Crippen MR) is 302 cm³/mol. The zero-order valence-corrected chi connectivity index (χ0v) is 46.5. The standard InChI is InChI=1S/C64H114O6/c1-4-7-10-13-16-19-21-23-24-25-26-27-28-29-30-31-32-33-34-35-36-37-38-39-40-41-43-45-48-51-54-57-63(66)69-60-61(59-68-62(65)56-53-50-47-44-18-15-12-9-6-3)70-64(67)58-55-52-49-46-42-22-20-17-14-11-8-5-2/h7,10,16-17,19-20,23-24,26-27,61H,4-6,8-9,11-15,18,21-22,25,28-60H2,1-3H3/b10-7-,19-16-,20-17-,24-23-,27-26-. The van der Waals surface area contributed by atoms with Crippen LogP contribution in [0.4, 0.5) is 0 Å². The molecule has 0 heterocycles. The van der Waals surface area contributed by atoms with Gasteiger partial charge in [-0.2, -0.15) is 0 Å². The van der Waals surface area contributed by atoms with Gasteiger partial charge in [0.1, 0.15) is 13.2 Å². The SMILES string of the molecule is CC/C=C\C/C=C\C/C=C\C/C=C\CCCCCCCCCCCCCCCCCCCCC(=O)OCC(COC(=O)CCCCCCCCCCC)OC(=O)CCCCCCC/C=C\CCCCC. The number of hydrogen-bond donors (Lipinski definition) is 0. The lowest BCUT2D eigenvalue weighted by Crippen LogP contribution is -2.30. The van der Waals surface area contributed by atoms with Gasteiger partial charge in [-0.15, -0.1) is 0 Å². The fraction of sp³-hybridized carbons (Fsp3) is 0.797. The van der Waals surface area contributed by atoms with Gasteiger partial charge < -0.3 is 14.2 Å². The summed E-state index contributed by atoms with van der Waals surface area (Å²) in [5.41, 5.74) is 0. The van der Waals surface area contributed by atoms with E-state index in [2.05, 4.69) is 81.5 Å². The van der Waals surface area contributed by atoms with Crippen LogP contribution in [0.3, 0.4) is 0 Å². The average Bonchev–Trinajstić information content (AvgIpc) is 3.36. The second-order valence-corrected chi connectivity index (χ2v) is 20.2. The Morgan fingerprint density at radius 2 is 0.557 bits per heavy atom. The Hall–Kier alpha value is -2.89. The zero-order chi connectivity index (χ0) is 50.7. The summed E-state index contributed by atoms with van der Waals surface area (Å²) in [5, 5.41) is 0. The first kappa shape index (κ1) is 67.1. The highest BCUT2D eigenvalue weighted by atomic mass is 16.6. The van der Waals surface area contributed by atoms with Crippen LogP contribution >= 0.6 is 0 Å². The number of carbonyl (C=O) groups excluding carboxylic acids is 3. The second kappa shape index (κ2) is 58.7. The van der Waals surface area contributed by atoms with E-state index >= 15 is 0 Å². The van der Waals surface area contributed by atoms with E-state index in [1.54, 1.807) is 0 Å². The summed E-state index contributed by atoms with van der Waals surface area (Å²) >= 11 is 0. The minimum atomic E-state index is -0.772. The van der Waals surface area contributed by atoms with Crippen LogP contribution in [0, 0.1) is 0 Å². The van der Waals surface area contributed by atoms with Gasteiger partial charge in [0.2, 0.25) is 0 Å². The Kier molecular flexibility index (Phi) is 56.3. The van der Waals surface area contributed by atoms with E-state index < -0.39 is 6.10 Å². The Morgan fingerprint density at radius 1 is 0.300 bits per heavy atom. The highest BCUT2D eigenvalue weighted by Crippen LogP contribution is 2.17. The number of esters is 3. The van der Waals surface area contributed by atoms with Gasteiger partial charge in [-0.25, -0.2) is 0 Å². The third-order valence-electron chi connectivity index (χ3n) is 13.3. The minimum Gasteiger partial charge on any atom is -0.462 e. The molecule has 0 aromatic rings. The van der Waals surface area contributed by atoms with Crippen molar-refractivity contribution in [3.05, 3.63) is 60.8 Å². The van der Waals surface area contributed by atoms with Crippen LogP contribution in [-0.2, 0) is 28.6 Å². The molecule has 0 saturated carbocycles. The van der Waals surface area contributed by atoms with Gasteiger partial charge in [0, 0.05) is 19.3 Å². The molecular formula is C64H114O6. The van der Waals surface area contributed by atoms with Crippen molar-refractivity contribution in [1.29, 1.82) is 0 Å². The minimum absolute atomic E-state index is 0.0729. The number of carbonyl (C=O) groups is 3. The maximum absolute atomic E-state index is 12.8. The summed E-state index contributed by atoms with van der Waals surface area (Å²) in [6.07, 6.45) is 73.9. The molecule has 1 atom stereocenters. The van der Waals surface area contributed by atoms with Gasteiger partial charge in [-0.3, -0.25) is 14.4 Å². The molecule has 1 unspecified atom stereocenters. The average molecular weight is 980 g/mol. The lowest BCUT2D eigenvalue weighted by molar-refractivity contribution is -0.167. The molecule has 0 aliphatic carbocycles. The Morgan fingerprint density at radius 3 is 0.914 bits per heavy atom. The molecule has 70 heavy (non-hydrogen) atoms. The van der Waals surface area contributed by atoms with E-state index in [0.717, 1.165) is 89.9 Å². The van der Waals surface area contributed by atoms with Crippen LogP contribution in [0.25, 0.3) is 0 Å². The van der Waals surface area contributed by atoms with Gasteiger partial charge in [0.25, 0.3) is 0 Å². The van der Waals surface area contributed by atoms with Crippen LogP contribution < -0.4 is 0 Å². The summed E-state index contributed by atoms with van der Waals surface area (Å²) in [6, 6.07) is 0. The molecule has 0 rings (SSSR count). The predicted octanol–water partition coefficient (Wildman–Crippen LogP) is 20.4. The highest BCUT2D eigenvalue weighted by Gasteiger charge is 2.19. The van der Waals surface area contributed by atoms with Crippen molar-refractivity contribution >= 4 is 17.9 Å². The summed E-state index contributed by atoms with van der Waals surface area (Å²) in [4.78, 5) is 38.0. The Labute approximate surface area is 434 Å². The molecule has 0 aliphatic rings. The fourth-order valence-corrected chi connectivity index (χ4v) is 8.72. The highest BCUT2D eigenvalue weighted by molar-refractivity contribution is 5.71.